The van der Waals surface area contributed by atoms with Crippen molar-refractivity contribution in [2.24, 2.45) is 5.73 Å². The highest BCUT2D eigenvalue weighted by molar-refractivity contribution is 4.80. The van der Waals surface area contributed by atoms with Gasteiger partial charge in [0.1, 0.15) is 0 Å². The number of hydrogen-bond acceptors (Lipinski definition) is 1. The lowest BCUT2D eigenvalue weighted by molar-refractivity contribution is 0.422. The summed E-state index contributed by atoms with van der Waals surface area (Å²) in [4.78, 5) is 0. The summed E-state index contributed by atoms with van der Waals surface area (Å²) < 4.78 is 0. The predicted octanol–water partition coefficient (Wildman–Crippen LogP) is 2.08. The van der Waals surface area contributed by atoms with Crippen molar-refractivity contribution in [2.75, 3.05) is 0 Å². The standard InChI is InChI=1S/C8H17N/c1-4-6-7-8(3,9)5-2/h4H,1,5-7,9H2,2-3H3. The summed E-state index contributed by atoms with van der Waals surface area (Å²) in [5.74, 6) is 0. The zero-order valence-corrected chi connectivity index (χ0v) is 6.48. The highest BCUT2D eigenvalue weighted by Crippen LogP contribution is 2.12. The highest BCUT2D eigenvalue weighted by atomic mass is 14.7. The molecular formula is C8H17N. The van der Waals surface area contributed by atoms with Crippen LogP contribution in [0.15, 0.2) is 12.7 Å². The van der Waals surface area contributed by atoms with Crippen LogP contribution < -0.4 is 5.73 Å². The molecule has 0 rings (SSSR count). The second kappa shape index (κ2) is 3.67. The van der Waals surface area contributed by atoms with Crippen molar-refractivity contribution in [1.29, 1.82) is 0 Å². The molecule has 0 bridgehead atoms. The third-order valence-corrected chi connectivity index (χ3v) is 1.73. The molecule has 0 aromatic heterocycles. The second-order valence-corrected chi connectivity index (χ2v) is 2.83. The molecule has 0 fully saturated rings. The lowest BCUT2D eigenvalue weighted by Crippen LogP contribution is -2.34. The molecule has 0 spiro atoms. The number of allylic oxidation sites excluding steroid dienone is 1. The molecule has 9 heavy (non-hydrogen) atoms. The van der Waals surface area contributed by atoms with Crippen molar-refractivity contribution in [3.05, 3.63) is 12.7 Å². The Balaban J connectivity index is 3.44. The minimum absolute atomic E-state index is 0.0220. The van der Waals surface area contributed by atoms with Gasteiger partial charge >= 0.3 is 0 Å². The minimum Gasteiger partial charge on any atom is -0.325 e. The first-order valence-electron chi connectivity index (χ1n) is 3.52. The van der Waals surface area contributed by atoms with Gasteiger partial charge < -0.3 is 5.73 Å². The van der Waals surface area contributed by atoms with E-state index in [9.17, 15) is 0 Å². The van der Waals surface area contributed by atoms with Crippen molar-refractivity contribution < 1.29 is 0 Å². The minimum atomic E-state index is 0.0220. The van der Waals surface area contributed by atoms with E-state index in [4.69, 9.17) is 5.73 Å². The Hall–Kier alpha value is -0.300. The molecule has 0 saturated carbocycles. The first kappa shape index (κ1) is 8.70. The molecule has 0 aliphatic heterocycles. The maximum Gasteiger partial charge on any atom is 0.0126 e. The van der Waals surface area contributed by atoms with E-state index in [2.05, 4.69) is 20.4 Å². The molecule has 0 aromatic carbocycles. The zero-order chi connectivity index (χ0) is 7.33. The normalized spacial score (nSPS) is 16.8. The first-order chi connectivity index (χ1) is 4.12. The topological polar surface area (TPSA) is 26.0 Å². The third-order valence-electron chi connectivity index (χ3n) is 1.73. The fraction of sp³-hybridized carbons (Fsp3) is 0.750. The van der Waals surface area contributed by atoms with Crippen LogP contribution in [0.4, 0.5) is 0 Å². The average molecular weight is 127 g/mol. The molecule has 0 heterocycles. The smallest absolute Gasteiger partial charge is 0.0126 e. The van der Waals surface area contributed by atoms with E-state index >= 15 is 0 Å². The molecule has 0 aliphatic carbocycles. The fourth-order valence-corrected chi connectivity index (χ4v) is 0.609. The van der Waals surface area contributed by atoms with Gasteiger partial charge in [-0.15, -0.1) is 6.58 Å². The maximum atomic E-state index is 5.85. The Kier molecular flexibility index (Phi) is 3.55. The van der Waals surface area contributed by atoms with Gasteiger partial charge in [-0.25, -0.2) is 0 Å². The molecule has 1 nitrogen and oxygen atoms in total. The maximum absolute atomic E-state index is 5.85. The lowest BCUT2D eigenvalue weighted by Gasteiger charge is -2.21. The van der Waals surface area contributed by atoms with Crippen LogP contribution in [0.3, 0.4) is 0 Å². The van der Waals surface area contributed by atoms with Gasteiger partial charge in [-0.2, -0.15) is 0 Å². The third kappa shape index (κ3) is 4.22. The Labute approximate surface area is 57.9 Å². The van der Waals surface area contributed by atoms with E-state index < -0.39 is 0 Å². The van der Waals surface area contributed by atoms with Gasteiger partial charge in [-0.1, -0.05) is 13.0 Å². The van der Waals surface area contributed by atoms with Crippen molar-refractivity contribution >= 4 is 0 Å². The Bertz CT molecular complexity index is 84.6. The molecule has 2 N–H and O–H groups in total. The van der Waals surface area contributed by atoms with Crippen LogP contribution >= 0.6 is 0 Å². The van der Waals surface area contributed by atoms with E-state index in [1.54, 1.807) is 0 Å². The lowest BCUT2D eigenvalue weighted by atomic mass is 9.94. The van der Waals surface area contributed by atoms with Crippen LogP contribution in [0.2, 0.25) is 0 Å². The van der Waals surface area contributed by atoms with E-state index in [1.807, 2.05) is 6.08 Å². The van der Waals surface area contributed by atoms with Gasteiger partial charge in [0.15, 0.2) is 0 Å². The summed E-state index contributed by atoms with van der Waals surface area (Å²) in [6.45, 7) is 7.84. The molecule has 1 unspecified atom stereocenters. The van der Waals surface area contributed by atoms with Crippen LogP contribution in [0.5, 0.6) is 0 Å². The summed E-state index contributed by atoms with van der Waals surface area (Å²) in [5.41, 5.74) is 5.88. The summed E-state index contributed by atoms with van der Waals surface area (Å²) in [5, 5.41) is 0. The fourth-order valence-electron chi connectivity index (χ4n) is 0.609. The van der Waals surface area contributed by atoms with Crippen LogP contribution in [0.25, 0.3) is 0 Å². The summed E-state index contributed by atoms with van der Waals surface area (Å²) >= 11 is 0. The van der Waals surface area contributed by atoms with E-state index in [0.717, 1.165) is 19.3 Å². The Morgan fingerprint density at radius 2 is 2.22 bits per heavy atom. The van der Waals surface area contributed by atoms with Gasteiger partial charge in [0, 0.05) is 5.54 Å². The Morgan fingerprint density at radius 3 is 2.56 bits per heavy atom. The summed E-state index contributed by atoms with van der Waals surface area (Å²) in [6.07, 6.45) is 5.04. The quantitative estimate of drug-likeness (QED) is 0.575. The van der Waals surface area contributed by atoms with Crippen LogP contribution in [0, 0.1) is 0 Å². The van der Waals surface area contributed by atoms with Gasteiger partial charge in [0.25, 0.3) is 0 Å². The van der Waals surface area contributed by atoms with Gasteiger partial charge in [-0.3, -0.25) is 0 Å². The van der Waals surface area contributed by atoms with Crippen molar-refractivity contribution in [3.63, 3.8) is 0 Å². The van der Waals surface area contributed by atoms with Crippen LogP contribution in [0.1, 0.15) is 33.1 Å². The molecule has 0 radical (unpaired) electrons. The number of nitrogens with two attached hydrogens (primary N) is 1. The summed E-state index contributed by atoms with van der Waals surface area (Å²) in [6, 6.07) is 0. The predicted molar refractivity (Wildman–Crippen MR) is 42.3 cm³/mol. The molecule has 1 atom stereocenters. The van der Waals surface area contributed by atoms with E-state index in [0.29, 0.717) is 0 Å². The van der Waals surface area contributed by atoms with Crippen molar-refractivity contribution in [1.82, 2.24) is 0 Å². The van der Waals surface area contributed by atoms with Gasteiger partial charge in [0.2, 0.25) is 0 Å². The molecule has 0 amide bonds. The second-order valence-electron chi connectivity index (χ2n) is 2.83. The number of rotatable bonds is 4. The monoisotopic (exact) mass is 127 g/mol. The summed E-state index contributed by atoms with van der Waals surface area (Å²) in [7, 11) is 0. The van der Waals surface area contributed by atoms with Crippen LogP contribution in [-0.4, -0.2) is 5.54 Å². The molecule has 0 aromatic rings. The zero-order valence-electron chi connectivity index (χ0n) is 6.48. The largest absolute Gasteiger partial charge is 0.325 e. The van der Waals surface area contributed by atoms with E-state index in [1.165, 1.54) is 0 Å². The molecular weight excluding hydrogens is 110 g/mol. The SMILES string of the molecule is C=CCCC(C)(N)CC. The van der Waals surface area contributed by atoms with Crippen molar-refractivity contribution in [3.8, 4) is 0 Å². The molecule has 0 saturated heterocycles. The molecule has 0 aliphatic rings. The average Bonchev–Trinajstić information content (AvgIpc) is 1.84. The highest BCUT2D eigenvalue weighted by Gasteiger charge is 2.12. The van der Waals surface area contributed by atoms with E-state index in [-0.39, 0.29) is 5.54 Å². The van der Waals surface area contributed by atoms with Gasteiger partial charge in [0.05, 0.1) is 0 Å². The molecule has 54 valence electrons. The van der Waals surface area contributed by atoms with Crippen molar-refractivity contribution in [2.45, 2.75) is 38.6 Å². The Morgan fingerprint density at radius 1 is 1.67 bits per heavy atom. The number of hydrogen-bond donors (Lipinski definition) is 1. The van der Waals surface area contributed by atoms with Crippen LogP contribution in [-0.2, 0) is 0 Å². The van der Waals surface area contributed by atoms with Gasteiger partial charge in [-0.05, 0) is 26.2 Å². The molecule has 1 heteroatoms. The first-order valence-corrected chi connectivity index (χ1v) is 3.52.